The van der Waals surface area contributed by atoms with E-state index in [0.717, 1.165) is 11.4 Å². The fraction of sp³-hybridized carbons (Fsp3) is 0.625. The molecule has 1 aromatic carbocycles. The number of hydrogen-bond donors (Lipinski definition) is 0. The lowest BCUT2D eigenvalue weighted by molar-refractivity contribution is 0.204. The van der Waals surface area contributed by atoms with Gasteiger partial charge in [-0.15, -0.1) is 0 Å². The average molecular weight is 310 g/mol. The molecule has 1 aliphatic heterocycles. The lowest BCUT2D eigenvalue weighted by Crippen LogP contribution is -2.36. The molecule has 0 aliphatic carbocycles. The SMILES string of the molecule is CC1CCCCCN1CC(CBr)c1ccccc1. The van der Waals surface area contributed by atoms with E-state index in [4.69, 9.17) is 0 Å². The van der Waals surface area contributed by atoms with Gasteiger partial charge in [-0.3, -0.25) is 0 Å². The van der Waals surface area contributed by atoms with Gasteiger partial charge in [0, 0.05) is 23.8 Å². The molecule has 1 saturated heterocycles. The van der Waals surface area contributed by atoms with Gasteiger partial charge in [0.1, 0.15) is 0 Å². The summed E-state index contributed by atoms with van der Waals surface area (Å²) in [4.78, 5) is 2.69. The zero-order chi connectivity index (χ0) is 12.8. The Labute approximate surface area is 120 Å². The lowest BCUT2D eigenvalue weighted by atomic mass is 10.00. The number of benzene rings is 1. The Hall–Kier alpha value is -0.340. The van der Waals surface area contributed by atoms with Crippen LogP contribution >= 0.6 is 15.9 Å². The Kier molecular flexibility index (Phi) is 5.71. The number of likely N-dealkylation sites (tertiary alicyclic amines) is 1. The van der Waals surface area contributed by atoms with E-state index in [-0.39, 0.29) is 0 Å². The van der Waals surface area contributed by atoms with Gasteiger partial charge in [-0.05, 0) is 31.9 Å². The number of halogens is 1. The van der Waals surface area contributed by atoms with Crippen LogP contribution in [0.4, 0.5) is 0 Å². The van der Waals surface area contributed by atoms with E-state index in [1.165, 1.54) is 44.3 Å². The van der Waals surface area contributed by atoms with E-state index < -0.39 is 0 Å². The third kappa shape index (κ3) is 3.83. The summed E-state index contributed by atoms with van der Waals surface area (Å²) >= 11 is 3.69. The van der Waals surface area contributed by atoms with E-state index in [1.54, 1.807) is 0 Å². The third-order valence-corrected chi connectivity index (χ3v) is 4.88. The maximum Gasteiger partial charge on any atom is 0.0112 e. The van der Waals surface area contributed by atoms with Crippen LogP contribution in [0.25, 0.3) is 0 Å². The van der Waals surface area contributed by atoms with Gasteiger partial charge in [0.05, 0.1) is 0 Å². The molecule has 0 N–H and O–H groups in total. The second-order valence-corrected chi connectivity index (χ2v) is 6.10. The lowest BCUT2D eigenvalue weighted by Gasteiger charge is -2.30. The fourth-order valence-electron chi connectivity index (χ4n) is 2.86. The topological polar surface area (TPSA) is 3.24 Å². The van der Waals surface area contributed by atoms with Crippen molar-refractivity contribution < 1.29 is 0 Å². The first-order valence-electron chi connectivity index (χ1n) is 7.16. The smallest absolute Gasteiger partial charge is 0.0112 e. The molecule has 0 spiro atoms. The highest BCUT2D eigenvalue weighted by Gasteiger charge is 2.21. The molecular weight excluding hydrogens is 286 g/mol. The Morgan fingerprint density at radius 3 is 2.72 bits per heavy atom. The average Bonchev–Trinajstić information content (AvgIpc) is 2.62. The number of rotatable bonds is 4. The predicted octanol–water partition coefficient (Wildman–Crippen LogP) is 4.43. The van der Waals surface area contributed by atoms with Gasteiger partial charge < -0.3 is 4.90 Å². The largest absolute Gasteiger partial charge is 0.300 e. The van der Waals surface area contributed by atoms with Crippen molar-refractivity contribution in [2.24, 2.45) is 0 Å². The van der Waals surface area contributed by atoms with Gasteiger partial charge in [-0.2, -0.15) is 0 Å². The molecule has 0 radical (unpaired) electrons. The molecule has 2 heteroatoms. The van der Waals surface area contributed by atoms with Crippen LogP contribution in [0.5, 0.6) is 0 Å². The van der Waals surface area contributed by atoms with E-state index in [2.05, 4.69) is 58.1 Å². The molecule has 1 aliphatic rings. The molecule has 100 valence electrons. The van der Waals surface area contributed by atoms with E-state index >= 15 is 0 Å². The first-order valence-corrected chi connectivity index (χ1v) is 8.28. The first kappa shape index (κ1) is 14.1. The highest BCUT2D eigenvalue weighted by atomic mass is 79.9. The van der Waals surface area contributed by atoms with Crippen LogP contribution < -0.4 is 0 Å². The molecule has 1 aromatic rings. The highest BCUT2D eigenvalue weighted by Crippen LogP contribution is 2.23. The minimum atomic E-state index is 0.617. The van der Waals surface area contributed by atoms with Crippen molar-refractivity contribution >= 4 is 15.9 Å². The van der Waals surface area contributed by atoms with Crippen LogP contribution in [0.1, 0.15) is 44.1 Å². The third-order valence-electron chi connectivity index (χ3n) is 4.10. The molecule has 2 atom stereocenters. The van der Waals surface area contributed by atoms with E-state index in [9.17, 15) is 0 Å². The Morgan fingerprint density at radius 1 is 1.22 bits per heavy atom. The number of nitrogens with zero attached hydrogens (tertiary/aromatic N) is 1. The van der Waals surface area contributed by atoms with Crippen LogP contribution in [-0.4, -0.2) is 29.4 Å². The molecule has 0 saturated carbocycles. The van der Waals surface area contributed by atoms with Crippen molar-refractivity contribution in [1.29, 1.82) is 0 Å². The summed E-state index contributed by atoms with van der Waals surface area (Å²) in [5.74, 6) is 0.617. The first-order chi connectivity index (χ1) is 8.81. The van der Waals surface area contributed by atoms with E-state index in [0.29, 0.717) is 5.92 Å². The summed E-state index contributed by atoms with van der Waals surface area (Å²) in [6.45, 7) is 4.86. The van der Waals surface area contributed by atoms with Crippen LogP contribution in [-0.2, 0) is 0 Å². The summed E-state index contributed by atoms with van der Waals surface area (Å²) in [6.07, 6.45) is 5.55. The van der Waals surface area contributed by atoms with Gasteiger partial charge in [0.25, 0.3) is 0 Å². The molecule has 0 bridgehead atoms. The molecule has 0 aromatic heterocycles. The minimum absolute atomic E-state index is 0.617. The summed E-state index contributed by atoms with van der Waals surface area (Å²) < 4.78 is 0. The Bertz CT molecular complexity index is 338. The minimum Gasteiger partial charge on any atom is -0.300 e. The summed E-state index contributed by atoms with van der Waals surface area (Å²) in [7, 11) is 0. The summed E-state index contributed by atoms with van der Waals surface area (Å²) in [5.41, 5.74) is 1.46. The van der Waals surface area contributed by atoms with Gasteiger partial charge in [0.15, 0.2) is 0 Å². The van der Waals surface area contributed by atoms with Crippen molar-refractivity contribution in [3.8, 4) is 0 Å². The number of alkyl halides is 1. The monoisotopic (exact) mass is 309 g/mol. The zero-order valence-electron chi connectivity index (χ0n) is 11.3. The maximum atomic E-state index is 3.69. The molecule has 1 fully saturated rings. The summed E-state index contributed by atoms with van der Waals surface area (Å²) in [6, 6.07) is 11.7. The highest BCUT2D eigenvalue weighted by molar-refractivity contribution is 9.09. The maximum absolute atomic E-state index is 3.69. The van der Waals surface area contributed by atoms with Crippen molar-refractivity contribution in [3.05, 3.63) is 35.9 Å². The van der Waals surface area contributed by atoms with Crippen molar-refractivity contribution in [1.82, 2.24) is 4.90 Å². The molecule has 2 unspecified atom stereocenters. The molecule has 2 rings (SSSR count). The number of hydrogen-bond acceptors (Lipinski definition) is 1. The summed E-state index contributed by atoms with van der Waals surface area (Å²) in [5, 5.41) is 1.06. The normalized spacial score (nSPS) is 23.6. The fourth-order valence-corrected chi connectivity index (χ4v) is 3.44. The zero-order valence-corrected chi connectivity index (χ0v) is 12.9. The Morgan fingerprint density at radius 2 is 2.00 bits per heavy atom. The molecular formula is C16H24BrN. The van der Waals surface area contributed by atoms with Crippen LogP contribution in [0.15, 0.2) is 30.3 Å². The standard InChI is InChI=1S/C16H24BrN/c1-14-8-4-3-7-11-18(14)13-16(12-17)15-9-5-2-6-10-15/h2,5-6,9-10,14,16H,3-4,7-8,11-13H2,1H3. The second kappa shape index (κ2) is 7.30. The van der Waals surface area contributed by atoms with Crippen molar-refractivity contribution in [3.63, 3.8) is 0 Å². The van der Waals surface area contributed by atoms with Crippen molar-refractivity contribution in [2.45, 2.75) is 44.6 Å². The van der Waals surface area contributed by atoms with Gasteiger partial charge in [-0.25, -0.2) is 0 Å². The second-order valence-electron chi connectivity index (χ2n) is 5.46. The van der Waals surface area contributed by atoms with Gasteiger partial charge >= 0.3 is 0 Å². The van der Waals surface area contributed by atoms with Crippen molar-refractivity contribution in [2.75, 3.05) is 18.4 Å². The van der Waals surface area contributed by atoms with Gasteiger partial charge in [0.2, 0.25) is 0 Å². The van der Waals surface area contributed by atoms with Crippen LogP contribution in [0.2, 0.25) is 0 Å². The van der Waals surface area contributed by atoms with E-state index in [1.807, 2.05) is 0 Å². The predicted molar refractivity (Wildman–Crippen MR) is 82.5 cm³/mol. The molecule has 1 heterocycles. The van der Waals surface area contributed by atoms with Crippen LogP contribution in [0, 0.1) is 0 Å². The van der Waals surface area contributed by atoms with Crippen LogP contribution in [0.3, 0.4) is 0 Å². The molecule has 1 nitrogen and oxygen atoms in total. The van der Waals surface area contributed by atoms with Gasteiger partial charge in [-0.1, -0.05) is 59.1 Å². The Balaban J connectivity index is 2.01. The quantitative estimate of drug-likeness (QED) is 0.744. The molecule has 18 heavy (non-hydrogen) atoms. The molecule has 0 amide bonds.